The first-order valence-corrected chi connectivity index (χ1v) is 7.47. The van der Waals surface area contributed by atoms with Crippen LogP contribution in [0.2, 0.25) is 0 Å². The van der Waals surface area contributed by atoms with Gasteiger partial charge in [0.15, 0.2) is 0 Å². The lowest BCUT2D eigenvalue weighted by molar-refractivity contribution is 0.0524. The third kappa shape index (κ3) is 3.91. The molecule has 0 spiro atoms. The minimum absolute atomic E-state index is 0.282. The van der Waals surface area contributed by atoms with Gasteiger partial charge in [0.1, 0.15) is 0 Å². The summed E-state index contributed by atoms with van der Waals surface area (Å²) < 4.78 is 5.12. The highest BCUT2D eigenvalue weighted by Gasteiger charge is 2.14. The van der Waals surface area contributed by atoms with Gasteiger partial charge in [0.25, 0.3) is 0 Å². The fourth-order valence-electron chi connectivity index (χ4n) is 2.23. The van der Waals surface area contributed by atoms with Crippen molar-refractivity contribution >= 4 is 5.97 Å². The monoisotopic (exact) mass is 283 g/mol. The number of nitrogens with zero attached hydrogens (tertiary/aromatic N) is 1. The zero-order chi connectivity index (χ0) is 15.1. The standard InChI is InChI=1S/C18H21NO2/c1-3-5-9-15-12-17(14-10-7-6-8-11-14)19-13-16(15)18(20)21-4-2/h6-8,10-13H,3-5,9H2,1-2H3. The molecule has 0 saturated heterocycles. The number of hydrogen-bond acceptors (Lipinski definition) is 3. The molecular formula is C18H21NO2. The Morgan fingerprint density at radius 2 is 1.95 bits per heavy atom. The van der Waals surface area contributed by atoms with Crippen LogP contribution in [0.4, 0.5) is 0 Å². The lowest BCUT2D eigenvalue weighted by atomic mass is 10.0. The molecule has 21 heavy (non-hydrogen) atoms. The highest BCUT2D eigenvalue weighted by Crippen LogP contribution is 2.21. The second kappa shape index (κ2) is 7.58. The van der Waals surface area contributed by atoms with Crippen molar-refractivity contribution in [3.63, 3.8) is 0 Å². The molecule has 3 heteroatoms. The normalized spacial score (nSPS) is 10.4. The number of aryl methyl sites for hydroxylation is 1. The molecule has 1 aromatic carbocycles. The van der Waals surface area contributed by atoms with Gasteiger partial charge in [-0.25, -0.2) is 4.79 Å². The van der Waals surface area contributed by atoms with Crippen molar-refractivity contribution in [3.05, 3.63) is 53.7 Å². The number of carbonyl (C=O) groups excluding carboxylic acids is 1. The smallest absolute Gasteiger partial charge is 0.339 e. The number of ether oxygens (including phenoxy) is 1. The van der Waals surface area contributed by atoms with Crippen LogP contribution in [0.3, 0.4) is 0 Å². The third-order valence-electron chi connectivity index (χ3n) is 3.35. The number of aromatic nitrogens is 1. The van der Waals surface area contributed by atoms with Gasteiger partial charge in [-0.15, -0.1) is 0 Å². The van der Waals surface area contributed by atoms with E-state index >= 15 is 0 Å². The fourth-order valence-corrected chi connectivity index (χ4v) is 2.23. The number of carbonyl (C=O) groups is 1. The van der Waals surface area contributed by atoms with Crippen LogP contribution in [0.1, 0.15) is 42.6 Å². The molecule has 0 saturated carbocycles. The highest BCUT2D eigenvalue weighted by molar-refractivity contribution is 5.91. The van der Waals surface area contributed by atoms with Crippen molar-refractivity contribution in [1.29, 1.82) is 0 Å². The van der Waals surface area contributed by atoms with Gasteiger partial charge in [0.05, 0.1) is 17.9 Å². The first kappa shape index (κ1) is 15.2. The van der Waals surface area contributed by atoms with Crippen LogP contribution in [-0.4, -0.2) is 17.6 Å². The van der Waals surface area contributed by atoms with E-state index in [2.05, 4.69) is 11.9 Å². The molecule has 0 aliphatic rings. The summed E-state index contributed by atoms with van der Waals surface area (Å²) in [6.45, 7) is 4.34. The lowest BCUT2D eigenvalue weighted by Crippen LogP contribution is -2.09. The molecule has 0 unspecified atom stereocenters. The molecule has 2 aromatic rings. The van der Waals surface area contributed by atoms with Gasteiger partial charge in [0, 0.05) is 11.8 Å². The Hall–Kier alpha value is -2.16. The van der Waals surface area contributed by atoms with Gasteiger partial charge < -0.3 is 4.74 Å². The predicted octanol–water partition coefficient (Wildman–Crippen LogP) is 4.27. The summed E-state index contributed by atoms with van der Waals surface area (Å²) in [6.07, 6.45) is 4.65. The molecule has 0 aliphatic heterocycles. The van der Waals surface area contributed by atoms with E-state index < -0.39 is 0 Å². The van der Waals surface area contributed by atoms with Gasteiger partial charge in [-0.2, -0.15) is 0 Å². The van der Waals surface area contributed by atoms with E-state index in [9.17, 15) is 4.79 Å². The summed E-state index contributed by atoms with van der Waals surface area (Å²) in [5.74, 6) is -0.282. The molecule has 0 aliphatic carbocycles. The van der Waals surface area contributed by atoms with Crippen molar-refractivity contribution in [2.24, 2.45) is 0 Å². The highest BCUT2D eigenvalue weighted by atomic mass is 16.5. The zero-order valence-corrected chi connectivity index (χ0v) is 12.6. The van der Waals surface area contributed by atoms with E-state index in [0.29, 0.717) is 12.2 Å². The largest absolute Gasteiger partial charge is 0.462 e. The number of unbranched alkanes of at least 4 members (excludes halogenated alkanes) is 1. The Kier molecular flexibility index (Phi) is 5.50. The Balaban J connectivity index is 2.37. The Morgan fingerprint density at radius 3 is 2.62 bits per heavy atom. The topological polar surface area (TPSA) is 39.2 Å². The molecule has 0 amide bonds. The number of pyridine rings is 1. The van der Waals surface area contributed by atoms with Gasteiger partial charge in [-0.05, 0) is 31.4 Å². The molecule has 0 fully saturated rings. The molecule has 0 atom stereocenters. The first-order chi connectivity index (χ1) is 10.3. The summed E-state index contributed by atoms with van der Waals surface area (Å²) in [6, 6.07) is 12.0. The number of benzene rings is 1. The molecule has 3 nitrogen and oxygen atoms in total. The van der Waals surface area contributed by atoms with Gasteiger partial charge in [-0.3, -0.25) is 4.98 Å². The van der Waals surface area contributed by atoms with Crippen LogP contribution in [0.25, 0.3) is 11.3 Å². The number of hydrogen-bond donors (Lipinski definition) is 0. The maximum atomic E-state index is 12.0. The average molecular weight is 283 g/mol. The molecule has 2 rings (SSSR count). The van der Waals surface area contributed by atoms with Crippen molar-refractivity contribution in [2.75, 3.05) is 6.61 Å². The number of rotatable bonds is 6. The zero-order valence-electron chi connectivity index (χ0n) is 12.6. The van der Waals surface area contributed by atoms with Crippen LogP contribution in [0.5, 0.6) is 0 Å². The first-order valence-electron chi connectivity index (χ1n) is 7.47. The van der Waals surface area contributed by atoms with Gasteiger partial charge >= 0.3 is 5.97 Å². The predicted molar refractivity (Wildman–Crippen MR) is 84.2 cm³/mol. The van der Waals surface area contributed by atoms with E-state index in [1.807, 2.05) is 43.3 Å². The van der Waals surface area contributed by atoms with Crippen molar-refractivity contribution < 1.29 is 9.53 Å². The van der Waals surface area contributed by atoms with Crippen LogP contribution in [0, 0.1) is 0 Å². The van der Waals surface area contributed by atoms with E-state index in [1.165, 1.54) is 0 Å². The van der Waals surface area contributed by atoms with Crippen LogP contribution in [0.15, 0.2) is 42.6 Å². The second-order valence-corrected chi connectivity index (χ2v) is 4.92. The third-order valence-corrected chi connectivity index (χ3v) is 3.35. The van der Waals surface area contributed by atoms with Gasteiger partial charge in [-0.1, -0.05) is 43.7 Å². The van der Waals surface area contributed by atoms with Crippen LogP contribution >= 0.6 is 0 Å². The maximum absolute atomic E-state index is 12.0. The number of esters is 1. The summed E-state index contributed by atoms with van der Waals surface area (Å²) in [4.78, 5) is 16.4. The summed E-state index contributed by atoms with van der Waals surface area (Å²) in [7, 11) is 0. The second-order valence-electron chi connectivity index (χ2n) is 4.92. The molecule has 110 valence electrons. The Morgan fingerprint density at radius 1 is 1.19 bits per heavy atom. The summed E-state index contributed by atoms with van der Waals surface area (Å²) in [5.41, 5.74) is 3.56. The summed E-state index contributed by atoms with van der Waals surface area (Å²) in [5, 5.41) is 0. The van der Waals surface area contributed by atoms with E-state index in [1.54, 1.807) is 6.20 Å². The van der Waals surface area contributed by atoms with Crippen molar-refractivity contribution in [3.8, 4) is 11.3 Å². The van der Waals surface area contributed by atoms with E-state index in [0.717, 1.165) is 36.1 Å². The quantitative estimate of drug-likeness (QED) is 0.743. The Labute approximate surface area is 126 Å². The van der Waals surface area contributed by atoms with Crippen molar-refractivity contribution in [2.45, 2.75) is 33.1 Å². The average Bonchev–Trinajstić information content (AvgIpc) is 2.53. The molecule has 1 heterocycles. The minimum atomic E-state index is -0.282. The van der Waals surface area contributed by atoms with E-state index in [-0.39, 0.29) is 5.97 Å². The van der Waals surface area contributed by atoms with Gasteiger partial charge in [0.2, 0.25) is 0 Å². The van der Waals surface area contributed by atoms with E-state index in [4.69, 9.17) is 4.74 Å². The maximum Gasteiger partial charge on any atom is 0.339 e. The Bertz CT molecular complexity index is 593. The molecule has 1 aromatic heterocycles. The van der Waals surface area contributed by atoms with Crippen LogP contribution in [-0.2, 0) is 11.2 Å². The SMILES string of the molecule is CCCCc1cc(-c2ccccc2)ncc1C(=O)OCC. The lowest BCUT2D eigenvalue weighted by Gasteiger charge is -2.10. The van der Waals surface area contributed by atoms with Crippen LogP contribution < -0.4 is 0 Å². The molecule has 0 radical (unpaired) electrons. The molecule has 0 bridgehead atoms. The van der Waals surface area contributed by atoms with Crippen molar-refractivity contribution in [1.82, 2.24) is 4.98 Å². The molecular weight excluding hydrogens is 262 g/mol. The minimum Gasteiger partial charge on any atom is -0.462 e. The summed E-state index contributed by atoms with van der Waals surface area (Å²) >= 11 is 0. The molecule has 0 N–H and O–H groups in total. The fraction of sp³-hybridized carbons (Fsp3) is 0.333.